The van der Waals surface area contributed by atoms with E-state index in [1.165, 1.54) is 18.4 Å². The average Bonchev–Trinajstić information content (AvgIpc) is 2.69. The topological polar surface area (TPSA) is 35.9 Å². The second-order valence-corrected chi connectivity index (χ2v) is 10.5. The van der Waals surface area contributed by atoms with Crippen LogP contribution in [0.3, 0.4) is 0 Å². The first kappa shape index (κ1) is 23.0. The Balaban J connectivity index is 1.30. The van der Waals surface area contributed by atoms with Crippen LogP contribution in [-0.2, 0) is 11.3 Å². The van der Waals surface area contributed by atoms with E-state index in [1.54, 1.807) is 0 Å². The summed E-state index contributed by atoms with van der Waals surface area (Å²) in [5.41, 5.74) is 1.71. The summed E-state index contributed by atoms with van der Waals surface area (Å²) in [6.45, 7) is 13.3. The highest BCUT2D eigenvalue weighted by Gasteiger charge is 2.30. The number of aliphatic hydroxyl groups excluding tert-OH is 1. The van der Waals surface area contributed by atoms with Gasteiger partial charge in [0.2, 0.25) is 0 Å². The van der Waals surface area contributed by atoms with Gasteiger partial charge in [-0.1, -0.05) is 44.5 Å². The number of halogens is 1. The van der Waals surface area contributed by atoms with Crippen molar-refractivity contribution in [1.29, 1.82) is 0 Å². The van der Waals surface area contributed by atoms with Gasteiger partial charge in [0.05, 0.1) is 18.8 Å². The standard InChI is InChI=1S/C24H39ClN2O2/c1-24(2,3)20-6-10-23(11-7-20)29-18-22(28)17-27-14-12-26(13-15-27)16-19-4-8-21(25)9-5-19/h4-5,8-9,20,22-23,28H,6-7,10-18H2,1-3H3. The van der Waals surface area contributed by atoms with Crippen LogP contribution in [0.25, 0.3) is 0 Å². The highest BCUT2D eigenvalue weighted by atomic mass is 35.5. The van der Waals surface area contributed by atoms with Crippen LogP contribution >= 0.6 is 11.6 Å². The molecule has 1 aliphatic carbocycles. The van der Waals surface area contributed by atoms with Crippen LogP contribution < -0.4 is 0 Å². The fraction of sp³-hybridized carbons (Fsp3) is 0.750. The molecular weight excluding hydrogens is 384 g/mol. The number of β-amino-alcohol motifs (C(OH)–C–C–N with tert-alkyl or cyclic N) is 1. The van der Waals surface area contributed by atoms with E-state index in [0.717, 1.165) is 56.5 Å². The van der Waals surface area contributed by atoms with Crippen LogP contribution in [-0.4, -0.2) is 66.4 Å². The zero-order valence-electron chi connectivity index (χ0n) is 18.4. The van der Waals surface area contributed by atoms with E-state index < -0.39 is 6.10 Å². The minimum atomic E-state index is -0.391. The summed E-state index contributed by atoms with van der Waals surface area (Å²) in [6, 6.07) is 8.12. The molecule has 0 radical (unpaired) electrons. The zero-order valence-corrected chi connectivity index (χ0v) is 19.2. The Morgan fingerprint density at radius 2 is 1.59 bits per heavy atom. The van der Waals surface area contributed by atoms with Crippen LogP contribution in [0.15, 0.2) is 24.3 Å². The smallest absolute Gasteiger partial charge is 0.0900 e. The summed E-state index contributed by atoms with van der Waals surface area (Å²) < 4.78 is 6.06. The van der Waals surface area contributed by atoms with E-state index in [-0.39, 0.29) is 0 Å². The SMILES string of the molecule is CC(C)(C)C1CCC(OCC(O)CN2CCN(Cc3ccc(Cl)cc3)CC2)CC1. The molecule has 1 atom stereocenters. The molecular formula is C24H39ClN2O2. The van der Waals surface area contributed by atoms with E-state index >= 15 is 0 Å². The van der Waals surface area contributed by atoms with Crippen molar-refractivity contribution < 1.29 is 9.84 Å². The molecule has 0 aromatic heterocycles. The summed E-state index contributed by atoms with van der Waals surface area (Å²) in [4.78, 5) is 4.83. The number of hydrogen-bond donors (Lipinski definition) is 1. The summed E-state index contributed by atoms with van der Waals surface area (Å²) in [7, 11) is 0. The highest BCUT2D eigenvalue weighted by Crippen LogP contribution is 2.38. The van der Waals surface area contributed by atoms with Gasteiger partial charge in [-0.25, -0.2) is 0 Å². The molecule has 1 N–H and O–H groups in total. The first-order chi connectivity index (χ1) is 13.8. The van der Waals surface area contributed by atoms with E-state index in [2.05, 4.69) is 42.7 Å². The van der Waals surface area contributed by atoms with Gasteiger partial charge in [0.15, 0.2) is 0 Å². The van der Waals surface area contributed by atoms with Crippen molar-refractivity contribution in [2.24, 2.45) is 11.3 Å². The van der Waals surface area contributed by atoms with Gasteiger partial charge in [0, 0.05) is 44.3 Å². The molecule has 0 amide bonds. The van der Waals surface area contributed by atoms with Gasteiger partial charge >= 0.3 is 0 Å². The Labute approximate surface area is 182 Å². The summed E-state index contributed by atoms with van der Waals surface area (Å²) in [6.07, 6.45) is 4.72. The van der Waals surface area contributed by atoms with Crippen LogP contribution in [0, 0.1) is 11.3 Å². The molecule has 1 aromatic carbocycles. The fourth-order valence-corrected chi connectivity index (χ4v) is 4.80. The molecule has 1 saturated heterocycles. The van der Waals surface area contributed by atoms with E-state index in [9.17, 15) is 5.11 Å². The Bertz CT molecular complexity index is 600. The third-order valence-electron chi connectivity index (χ3n) is 6.68. The summed E-state index contributed by atoms with van der Waals surface area (Å²) >= 11 is 5.97. The van der Waals surface area contributed by atoms with Gasteiger partial charge < -0.3 is 9.84 Å². The lowest BCUT2D eigenvalue weighted by Crippen LogP contribution is -2.48. The number of benzene rings is 1. The van der Waals surface area contributed by atoms with Crippen molar-refractivity contribution in [3.63, 3.8) is 0 Å². The number of hydrogen-bond acceptors (Lipinski definition) is 4. The van der Waals surface area contributed by atoms with Crippen LogP contribution in [0.5, 0.6) is 0 Å². The van der Waals surface area contributed by atoms with E-state index in [1.807, 2.05) is 12.1 Å². The predicted octanol–water partition coefficient (Wildman–Crippen LogP) is 4.44. The Hall–Kier alpha value is -0.650. The molecule has 2 fully saturated rings. The van der Waals surface area contributed by atoms with Crippen molar-refractivity contribution in [2.45, 2.75) is 65.2 Å². The third-order valence-corrected chi connectivity index (χ3v) is 6.93. The van der Waals surface area contributed by atoms with E-state index in [0.29, 0.717) is 24.7 Å². The molecule has 4 nitrogen and oxygen atoms in total. The molecule has 5 heteroatoms. The van der Waals surface area contributed by atoms with Crippen molar-refractivity contribution in [3.8, 4) is 0 Å². The third kappa shape index (κ3) is 7.52. The first-order valence-corrected chi connectivity index (χ1v) is 11.7. The maximum atomic E-state index is 10.4. The molecule has 1 unspecified atom stereocenters. The lowest BCUT2D eigenvalue weighted by molar-refractivity contribution is -0.0473. The monoisotopic (exact) mass is 422 g/mol. The Morgan fingerprint density at radius 3 is 2.17 bits per heavy atom. The van der Waals surface area contributed by atoms with Crippen LogP contribution in [0.2, 0.25) is 5.02 Å². The van der Waals surface area contributed by atoms with Crippen molar-refractivity contribution in [2.75, 3.05) is 39.3 Å². The molecule has 1 heterocycles. The molecule has 29 heavy (non-hydrogen) atoms. The molecule has 1 aromatic rings. The quantitative estimate of drug-likeness (QED) is 0.704. The molecule has 1 saturated carbocycles. The summed E-state index contributed by atoms with van der Waals surface area (Å²) in [5, 5.41) is 11.2. The second kappa shape index (κ2) is 10.6. The molecule has 2 aliphatic rings. The number of rotatable bonds is 7. The van der Waals surface area contributed by atoms with Gasteiger partial charge in [-0.15, -0.1) is 0 Å². The van der Waals surface area contributed by atoms with Gasteiger partial charge in [-0.3, -0.25) is 9.80 Å². The maximum absolute atomic E-state index is 10.4. The second-order valence-electron chi connectivity index (χ2n) is 10.0. The minimum Gasteiger partial charge on any atom is -0.389 e. The van der Waals surface area contributed by atoms with Gasteiger partial charge in [0.1, 0.15) is 0 Å². The number of nitrogens with zero attached hydrogens (tertiary/aromatic N) is 2. The average molecular weight is 423 g/mol. The molecule has 0 spiro atoms. The predicted molar refractivity (Wildman–Crippen MR) is 120 cm³/mol. The molecule has 3 rings (SSSR count). The lowest BCUT2D eigenvalue weighted by Gasteiger charge is -2.37. The van der Waals surface area contributed by atoms with Crippen molar-refractivity contribution in [1.82, 2.24) is 9.80 Å². The first-order valence-electron chi connectivity index (χ1n) is 11.3. The minimum absolute atomic E-state index is 0.333. The zero-order chi connectivity index (χ0) is 20.9. The largest absolute Gasteiger partial charge is 0.389 e. The van der Waals surface area contributed by atoms with Gasteiger partial charge in [-0.2, -0.15) is 0 Å². The number of ether oxygens (including phenoxy) is 1. The van der Waals surface area contributed by atoms with Crippen molar-refractivity contribution in [3.05, 3.63) is 34.9 Å². The Kier molecular flexibility index (Phi) is 8.41. The van der Waals surface area contributed by atoms with Crippen LogP contribution in [0.4, 0.5) is 0 Å². The Morgan fingerprint density at radius 1 is 1.00 bits per heavy atom. The van der Waals surface area contributed by atoms with Crippen molar-refractivity contribution >= 4 is 11.6 Å². The summed E-state index contributed by atoms with van der Waals surface area (Å²) in [5.74, 6) is 0.802. The fourth-order valence-electron chi connectivity index (χ4n) is 4.67. The maximum Gasteiger partial charge on any atom is 0.0900 e. The van der Waals surface area contributed by atoms with Gasteiger partial charge in [0.25, 0.3) is 0 Å². The number of piperazine rings is 1. The number of aliphatic hydroxyl groups is 1. The van der Waals surface area contributed by atoms with E-state index in [4.69, 9.17) is 16.3 Å². The normalized spacial score (nSPS) is 25.8. The molecule has 0 bridgehead atoms. The lowest BCUT2D eigenvalue weighted by atomic mass is 9.72. The molecule has 1 aliphatic heterocycles. The van der Waals surface area contributed by atoms with Gasteiger partial charge in [-0.05, 0) is 54.7 Å². The van der Waals surface area contributed by atoms with Crippen LogP contribution in [0.1, 0.15) is 52.0 Å². The molecule has 164 valence electrons. The highest BCUT2D eigenvalue weighted by molar-refractivity contribution is 6.30.